The Kier molecular flexibility index (Phi) is 3.91. The van der Waals surface area contributed by atoms with Crippen molar-refractivity contribution in [2.75, 3.05) is 6.61 Å². The van der Waals surface area contributed by atoms with E-state index in [-0.39, 0.29) is 0 Å². The van der Waals surface area contributed by atoms with Gasteiger partial charge >= 0.3 is 0 Å². The quantitative estimate of drug-likeness (QED) is 0.706. The van der Waals surface area contributed by atoms with Crippen LogP contribution in [0.25, 0.3) is 11.0 Å². The minimum atomic E-state index is 0.649. The van der Waals surface area contributed by atoms with Gasteiger partial charge in [0.05, 0.1) is 17.6 Å². The van der Waals surface area contributed by atoms with Crippen molar-refractivity contribution < 1.29 is 4.74 Å². The van der Waals surface area contributed by atoms with E-state index in [1.807, 2.05) is 18.2 Å². The zero-order chi connectivity index (χ0) is 14.7. The van der Waals surface area contributed by atoms with E-state index in [1.165, 1.54) is 11.1 Å². The lowest BCUT2D eigenvalue weighted by molar-refractivity contribution is 0.298. The summed E-state index contributed by atoms with van der Waals surface area (Å²) in [6.45, 7) is 5.68. The molecule has 0 aliphatic rings. The first-order valence-electron chi connectivity index (χ1n) is 7.41. The standard InChI is InChI=1S/C18H20N2O/c1-3-18-19-16-6-4-5-7-17(16)20(18)12-13-21-15-10-8-14(2)9-11-15/h4-11H,3,12-13H2,1-2H3. The molecule has 0 fully saturated rings. The van der Waals surface area contributed by atoms with Gasteiger partial charge in [0, 0.05) is 6.42 Å². The molecular formula is C18H20N2O. The third-order valence-corrected chi connectivity index (χ3v) is 3.65. The van der Waals surface area contributed by atoms with Crippen LogP contribution in [-0.4, -0.2) is 16.2 Å². The summed E-state index contributed by atoms with van der Waals surface area (Å²) in [7, 11) is 0. The Hall–Kier alpha value is -2.29. The lowest BCUT2D eigenvalue weighted by Crippen LogP contribution is -2.10. The fourth-order valence-electron chi connectivity index (χ4n) is 2.53. The van der Waals surface area contributed by atoms with Crippen molar-refractivity contribution in [2.24, 2.45) is 0 Å². The summed E-state index contributed by atoms with van der Waals surface area (Å²) in [6, 6.07) is 16.4. The third-order valence-electron chi connectivity index (χ3n) is 3.65. The Balaban J connectivity index is 1.74. The zero-order valence-corrected chi connectivity index (χ0v) is 12.5. The molecule has 1 heterocycles. The highest BCUT2D eigenvalue weighted by molar-refractivity contribution is 5.75. The van der Waals surface area contributed by atoms with Gasteiger partial charge in [-0.15, -0.1) is 0 Å². The number of benzene rings is 2. The van der Waals surface area contributed by atoms with Crippen LogP contribution in [0.1, 0.15) is 18.3 Å². The highest BCUT2D eigenvalue weighted by Gasteiger charge is 2.08. The maximum Gasteiger partial charge on any atom is 0.119 e. The molecule has 0 aliphatic carbocycles. The lowest BCUT2D eigenvalue weighted by atomic mass is 10.2. The molecule has 108 valence electrons. The molecule has 0 aliphatic heterocycles. The maximum absolute atomic E-state index is 5.83. The number of nitrogens with zero attached hydrogens (tertiary/aromatic N) is 2. The monoisotopic (exact) mass is 280 g/mol. The van der Waals surface area contributed by atoms with Crippen LogP contribution in [0.2, 0.25) is 0 Å². The van der Waals surface area contributed by atoms with Crippen LogP contribution in [0, 0.1) is 6.92 Å². The average molecular weight is 280 g/mol. The highest BCUT2D eigenvalue weighted by atomic mass is 16.5. The second-order valence-electron chi connectivity index (χ2n) is 5.18. The highest BCUT2D eigenvalue weighted by Crippen LogP contribution is 2.17. The molecule has 0 saturated heterocycles. The van der Waals surface area contributed by atoms with Gasteiger partial charge < -0.3 is 9.30 Å². The Morgan fingerprint density at radius 3 is 2.57 bits per heavy atom. The molecule has 0 atom stereocenters. The molecule has 3 heteroatoms. The van der Waals surface area contributed by atoms with Crippen LogP contribution >= 0.6 is 0 Å². The van der Waals surface area contributed by atoms with Crippen molar-refractivity contribution >= 4 is 11.0 Å². The Morgan fingerprint density at radius 1 is 1.05 bits per heavy atom. The minimum absolute atomic E-state index is 0.649. The van der Waals surface area contributed by atoms with E-state index in [1.54, 1.807) is 0 Å². The Labute approximate surface area is 125 Å². The summed E-state index contributed by atoms with van der Waals surface area (Å²) >= 11 is 0. The number of aromatic nitrogens is 2. The number of imidazole rings is 1. The molecule has 0 saturated carbocycles. The molecule has 0 radical (unpaired) electrons. The van der Waals surface area contributed by atoms with Crippen molar-refractivity contribution in [1.82, 2.24) is 9.55 Å². The summed E-state index contributed by atoms with van der Waals surface area (Å²) in [6.07, 6.45) is 0.930. The first kappa shape index (κ1) is 13.7. The molecule has 3 nitrogen and oxygen atoms in total. The molecule has 0 amide bonds. The molecule has 2 aromatic carbocycles. The fourth-order valence-corrected chi connectivity index (χ4v) is 2.53. The third kappa shape index (κ3) is 2.92. The number of rotatable bonds is 5. The number of fused-ring (bicyclic) bond motifs is 1. The summed E-state index contributed by atoms with van der Waals surface area (Å²) in [5.41, 5.74) is 3.49. The molecule has 0 bridgehead atoms. The van der Waals surface area contributed by atoms with Crippen LogP contribution in [-0.2, 0) is 13.0 Å². The molecule has 0 spiro atoms. The SMILES string of the molecule is CCc1nc2ccccc2n1CCOc1ccc(C)cc1. The van der Waals surface area contributed by atoms with Crippen LogP contribution in [0.5, 0.6) is 5.75 Å². The van der Waals surface area contributed by atoms with Gasteiger partial charge in [-0.2, -0.15) is 0 Å². The number of aryl methyl sites for hydroxylation is 2. The number of para-hydroxylation sites is 2. The predicted octanol–water partition coefficient (Wildman–Crippen LogP) is 3.99. The van der Waals surface area contributed by atoms with Crippen molar-refractivity contribution in [3.63, 3.8) is 0 Å². The van der Waals surface area contributed by atoms with E-state index in [9.17, 15) is 0 Å². The van der Waals surface area contributed by atoms with Gasteiger partial charge in [-0.25, -0.2) is 4.98 Å². The maximum atomic E-state index is 5.83. The number of hydrogen-bond donors (Lipinski definition) is 0. The first-order chi connectivity index (χ1) is 10.3. The van der Waals surface area contributed by atoms with E-state index in [0.717, 1.165) is 30.1 Å². The lowest BCUT2D eigenvalue weighted by Gasteiger charge is -2.10. The van der Waals surface area contributed by atoms with Gasteiger partial charge in [-0.05, 0) is 31.2 Å². The van der Waals surface area contributed by atoms with Gasteiger partial charge in [0.25, 0.3) is 0 Å². The topological polar surface area (TPSA) is 27.1 Å². The van der Waals surface area contributed by atoms with Crippen molar-refractivity contribution in [2.45, 2.75) is 26.8 Å². The van der Waals surface area contributed by atoms with Gasteiger partial charge in [-0.1, -0.05) is 36.8 Å². The van der Waals surface area contributed by atoms with E-state index in [2.05, 4.69) is 53.7 Å². The molecule has 1 aromatic heterocycles. The molecule has 3 aromatic rings. The molecule has 0 N–H and O–H groups in total. The van der Waals surface area contributed by atoms with Crippen molar-refractivity contribution in [3.8, 4) is 5.75 Å². The molecular weight excluding hydrogens is 260 g/mol. The smallest absolute Gasteiger partial charge is 0.119 e. The van der Waals surface area contributed by atoms with Crippen LogP contribution < -0.4 is 4.74 Å². The van der Waals surface area contributed by atoms with Gasteiger partial charge in [-0.3, -0.25) is 0 Å². The van der Waals surface area contributed by atoms with Crippen molar-refractivity contribution in [3.05, 3.63) is 59.9 Å². The fraction of sp³-hybridized carbons (Fsp3) is 0.278. The van der Waals surface area contributed by atoms with Crippen LogP contribution in [0.4, 0.5) is 0 Å². The van der Waals surface area contributed by atoms with Gasteiger partial charge in [0.15, 0.2) is 0 Å². The summed E-state index contributed by atoms with van der Waals surface area (Å²) in [5, 5.41) is 0. The van der Waals surface area contributed by atoms with Gasteiger partial charge in [0.1, 0.15) is 18.2 Å². The number of hydrogen-bond acceptors (Lipinski definition) is 2. The van der Waals surface area contributed by atoms with Crippen LogP contribution in [0.3, 0.4) is 0 Å². The number of ether oxygens (including phenoxy) is 1. The molecule has 21 heavy (non-hydrogen) atoms. The summed E-state index contributed by atoms with van der Waals surface area (Å²) < 4.78 is 8.09. The summed E-state index contributed by atoms with van der Waals surface area (Å²) in [5.74, 6) is 2.03. The normalized spacial score (nSPS) is 11.0. The Morgan fingerprint density at radius 2 is 1.81 bits per heavy atom. The first-order valence-corrected chi connectivity index (χ1v) is 7.41. The molecule has 3 rings (SSSR count). The minimum Gasteiger partial charge on any atom is -0.492 e. The second kappa shape index (κ2) is 6.00. The zero-order valence-electron chi connectivity index (χ0n) is 12.5. The van der Waals surface area contributed by atoms with Crippen molar-refractivity contribution in [1.29, 1.82) is 0 Å². The predicted molar refractivity (Wildman–Crippen MR) is 85.8 cm³/mol. The van der Waals surface area contributed by atoms with E-state index < -0.39 is 0 Å². The summed E-state index contributed by atoms with van der Waals surface area (Å²) in [4.78, 5) is 4.68. The second-order valence-corrected chi connectivity index (χ2v) is 5.18. The van der Waals surface area contributed by atoms with E-state index in [4.69, 9.17) is 4.74 Å². The largest absolute Gasteiger partial charge is 0.492 e. The molecule has 0 unspecified atom stereocenters. The Bertz CT molecular complexity index is 729. The average Bonchev–Trinajstić information content (AvgIpc) is 2.87. The van der Waals surface area contributed by atoms with E-state index in [0.29, 0.717) is 6.61 Å². The van der Waals surface area contributed by atoms with E-state index >= 15 is 0 Å². The van der Waals surface area contributed by atoms with Crippen LogP contribution in [0.15, 0.2) is 48.5 Å². The van der Waals surface area contributed by atoms with Gasteiger partial charge in [0.2, 0.25) is 0 Å².